The van der Waals surface area contributed by atoms with Gasteiger partial charge in [-0.25, -0.2) is 0 Å². The highest BCUT2D eigenvalue weighted by Gasteiger charge is 2.12. The van der Waals surface area contributed by atoms with Gasteiger partial charge in [-0.3, -0.25) is 4.99 Å². The van der Waals surface area contributed by atoms with Crippen LogP contribution in [0.25, 0.3) is 0 Å². The molecule has 7 heavy (non-hydrogen) atoms. The Labute approximate surface area is 51.4 Å². The second kappa shape index (κ2) is 1.82. The smallest absolute Gasteiger partial charge is 0.154 e. The van der Waals surface area contributed by atoms with Crippen molar-refractivity contribution in [2.45, 2.75) is 4.95 Å². The Kier molecular flexibility index (Phi) is 1.32. The highest BCUT2D eigenvalue weighted by molar-refractivity contribution is 9.09. The normalized spacial score (nSPS) is 29.4. The summed E-state index contributed by atoms with van der Waals surface area (Å²) in [5.41, 5.74) is 0. The third-order valence-corrected chi connectivity index (χ3v) is 1.63. The molecular weight excluding hydrogens is 156 g/mol. The van der Waals surface area contributed by atoms with Crippen LogP contribution in [0.3, 0.4) is 0 Å². The molecule has 1 heterocycles. The van der Waals surface area contributed by atoms with Gasteiger partial charge in [0.05, 0.1) is 6.34 Å². The highest BCUT2D eigenvalue weighted by atomic mass is 79.9. The molecule has 0 aromatic heterocycles. The zero-order valence-corrected chi connectivity index (χ0v) is 5.51. The van der Waals surface area contributed by atoms with Crippen LogP contribution in [0.4, 0.5) is 0 Å². The summed E-state index contributed by atoms with van der Waals surface area (Å²) in [5.74, 6) is 0. The third kappa shape index (κ3) is 0.938. The predicted octanol–water partition coefficient (Wildman–Crippen LogP) is 0.720. The first-order chi connectivity index (χ1) is 3.30. The monoisotopic (exact) mass is 160 g/mol. The lowest BCUT2D eigenvalue weighted by Crippen LogP contribution is -2.18. The van der Waals surface area contributed by atoms with Gasteiger partial charge < -0.3 is 4.90 Å². The fourth-order valence-electron chi connectivity index (χ4n) is 0.336. The fraction of sp³-hybridized carbons (Fsp3) is 0.500. The lowest BCUT2D eigenvalue weighted by Gasteiger charge is -2.08. The Morgan fingerprint density at radius 3 is 2.86 bits per heavy atom. The van der Waals surface area contributed by atoms with Gasteiger partial charge in [-0.1, -0.05) is 15.9 Å². The van der Waals surface area contributed by atoms with Crippen molar-refractivity contribution in [1.82, 2.24) is 4.90 Å². The van der Waals surface area contributed by atoms with Crippen LogP contribution in [0.2, 0.25) is 0 Å². The summed E-state index contributed by atoms with van der Waals surface area (Å²) in [6, 6.07) is 0. The Morgan fingerprint density at radius 1 is 2.00 bits per heavy atom. The topological polar surface area (TPSA) is 15.6 Å². The molecule has 2 nitrogen and oxygen atoms in total. The number of hydrogen-bond acceptors (Lipinski definition) is 2. The maximum absolute atomic E-state index is 3.75. The molecule has 0 aromatic rings. The molecule has 3 heteroatoms. The number of likely N-dealkylation sites (N-methyl/N-ethyl adjacent to an activating group) is 1. The summed E-state index contributed by atoms with van der Waals surface area (Å²) >= 11 is 3.29. The van der Waals surface area contributed by atoms with Crippen molar-refractivity contribution in [1.29, 1.82) is 0 Å². The van der Waals surface area contributed by atoms with E-state index < -0.39 is 0 Å². The average Bonchev–Trinajstić information content (AvgIpc) is 1.91. The minimum Gasteiger partial charge on any atom is -0.351 e. The summed E-state index contributed by atoms with van der Waals surface area (Å²) in [6.45, 7) is 2.78. The lowest BCUT2D eigenvalue weighted by molar-refractivity contribution is 0.560. The zero-order chi connectivity index (χ0) is 5.28. The second-order valence-electron chi connectivity index (χ2n) is 1.37. The third-order valence-electron chi connectivity index (χ3n) is 0.779. The van der Waals surface area contributed by atoms with Crippen LogP contribution >= 0.6 is 15.9 Å². The molecule has 1 aliphatic heterocycles. The van der Waals surface area contributed by atoms with E-state index in [2.05, 4.69) is 27.5 Å². The zero-order valence-electron chi connectivity index (χ0n) is 3.93. The van der Waals surface area contributed by atoms with E-state index in [1.807, 2.05) is 11.9 Å². The van der Waals surface area contributed by atoms with E-state index in [9.17, 15) is 0 Å². The molecule has 1 unspecified atom stereocenters. The van der Waals surface area contributed by atoms with E-state index >= 15 is 0 Å². The van der Waals surface area contributed by atoms with Gasteiger partial charge in [0.15, 0.2) is 6.54 Å². The van der Waals surface area contributed by atoms with Gasteiger partial charge in [-0.05, 0) is 0 Å². The van der Waals surface area contributed by atoms with Gasteiger partial charge in [0.1, 0.15) is 4.95 Å². The van der Waals surface area contributed by atoms with Crippen LogP contribution in [0.5, 0.6) is 0 Å². The Morgan fingerprint density at radius 2 is 2.71 bits per heavy atom. The second-order valence-corrected chi connectivity index (χ2v) is 2.24. The van der Waals surface area contributed by atoms with Gasteiger partial charge in [-0.15, -0.1) is 0 Å². The van der Waals surface area contributed by atoms with Crippen molar-refractivity contribution in [2.24, 2.45) is 4.99 Å². The van der Waals surface area contributed by atoms with Crippen LogP contribution in [0.15, 0.2) is 4.99 Å². The molecule has 0 amide bonds. The minimum atomic E-state index is 0.187. The first-order valence-corrected chi connectivity index (χ1v) is 2.87. The van der Waals surface area contributed by atoms with E-state index in [1.165, 1.54) is 0 Å². The highest BCUT2D eigenvalue weighted by Crippen LogP contribution is 2.11. The van der Waals surface area contributed by atoms with E-state index in [-0.39, 0.29) is 4.95 Å². The Hall–Kier alpha value is -0.0500. The Balaban J connectivity index is 2.45. The summed E-state index contributed by atoms with van der Waals surface area (Å²) in [7, 11) is 1.93. The van der Waals surface area contributed by atoms with Crippen molar-refractivity contribution < 1.29 is 0 Å². The van der Waals surface area contributed by atoms with Gasteiger partial charge in [-0.2, -0.15) is 0 Å². The molecule has 0 fully saturated rings. The molecule has 0 bridgehead atoms. The van der Waals surface area contributed by atoms with Gasteiger partial charge >= 0.3 is 0 Å². The van der Waals surface area contributed by atoms with Crippen LogP contribution < -0.4 is 0 Å². The molecule has 0 N–H and O–H groups in total. The molecule has 0 aliphatic carbocycles. The van der Waals surface area contributed by atoms with Gasteiger partial charge in [0, 0.05) is 7.05 Å². The number of aliphatic imine (C=N–C) groups is 1. The molecule has 0 saturated carbocycles. The molecule has 1 rings (SSSR count). The molecule has 0 aromatic carbocycles. The SMILES string of the molecule is CN1C=N[C]C1Br. The van der Waals surface area contributed by atoms with E-state index in [4.69, 9.17) is 0 Å². The lowest BCUT2D eigenvalue weighted by atomic mass is 10.6. The molecule has 38 valence electrons. The number of nitrogens with zero attached hydrogens (tertiary/aromatic N) is 2. The van der Waals surface area contributed by atoms with Crippen molar-refractivity contribution in [3.8, 4) is 0 Å². The van der Waals surface area contributed by atoms with Crippen molar-refractivity contribution in [3.05, 3.63) is 6.54 Å². The van der Waals surface area contributed by atoms with Gasteiger partial charge in [0.25, 0.3) is 0 Å². The van der Waals surface area contributed by atoms with E-state index in [0.29, 0.717) is 0 Å². The van der Waals surface area contributed by atoms with Crippen LogP contribution in [0.1, 0.15) is 0 Å². The van der Waals surface area contributed by atoms with Crippen molar-refractivity contribution in [2.75, 3.05) is 7.05 Å². The molecule has 2 radical (unpaired) electrons. The quantitative estimate of drug-likeness (QED) is 0.377. The van der Waals surface area contributed by atoms with Crippen LogP contribution in [-0.2, 0) is 0 Å². The standard InChI is InChI=1S/C4H5BrN2/c1-7-3-6-2-4(7)5/h3-4H,1H3. The first kappa shape index (κ1) is 5.09. The number of rotatable bonds is 0. The van der Waals surface area contributed by atoms with E-state index in [1.54, 1.807) is 6.34 Å². The van der Waals surface area contributed by atoms with Crippen LogP contribution in [0, 0.1) is 6.54 Å². The van der Waals surface area contributed by atoms with Crippen molar-refractivity contribution in [3.63, 3.8) is 0 Å². The van der Waals surface area contributed by atoms with Gasteiger partial charge in [0.2, 0.25) is 0 Å². The molecular formula is C4H5BrN2. The largest absolute Gasteiger partial charge is 0.351 e. The average molecular weight is 161 g/mol. The first-order valence-electron chi connectivity index (χ1n) is 1.95. The molecule has 0 spiro atoms. The van der Waals surface area contributed by atoms with Crippen LogP contribution in [-0.4, -0.2) is 23.2 Å². The summed E-state index contributed by atoms with van der Waals surface area (Å²) in [5, 5.41) is 0. The molecule has 1 aliphatic rings. The van der Waals surface area contributed by atoms with E-state index in [0.717, 1.165) is 0 Å². The summed E-state index contributed by atoms with van der Waals surface area (Å²) in [6.07, 6.45) is 1.72. The maximum Gasteiger partial charge on any atom is 0.154 e. The summed E-state index contributed by atoms with van der Waals surface area (Å²) < 4.78 is 0. The maximum atomic E-state index is 3.75. The number of halogens is 1. The number of hydrogen-bond donors (Lipinski definition) is 0. The molecule has 1 atom stereocenters. The fourth-order valence-corrected chi connectivity index (χ4v) is 0.559. The van der Waals surface area contributed by atoms with Crippen molar-refractivity contribution >= 4 is 22.3 Å². The molecule has 0 saturated heterocycles. The predicted molar refractivity (Wildman–Crippen MR) is 32.2 cm³/mol. The minimum absolute atomic E-state index is 0.187. The Bertz CT molecular complexity index is 91.7. The number of alkyl halides is 1. The summed E-state index contributed by atoms with van der Waals surface area (Å²) in [4.78, 5) is 5.85.